The zero-order valence-electron chi connectivity index (χ0n) is 12.0. The Labute approximate surface area is 113 Å². The van der Waals surface area contributed by atoms with Gasteiger partial charge in [-0.25, -0.2) is 13.2 Å². The second kappa shape index (κ2) is 6.62. The normalized spacial score (nSPS) is 32.9. The fraction of sp³-hybridized carbons (Fsp3) is 0.929. The average molecular weight is 279 g/mol. The van der Waals surface area contributed by atoms with Gasteiger partial charge < -0.3 is 4.90 Å². The molecule has 0 radical (unpaired) electrons. The fourth-order valence-corrected chi connectivity index (χ4v) is 2.82. The van der Waals surface area contributed by atoms with Crippen molar-refractivity contribution >= 4 is 5.91 Å². The van der Waals surface area contributed by atoms with Crippen molar-refractivity contribution in [2.24, 2.45) is 11.8 Å². The topological polar surface area (TPSA) is 20.3 Å². The Bertz CT molecular complexity index is 309. The summed E-state index contributed by atoms with van der Waals surface area (Å²) >= 11 is 0. The number of nitrogens with zero attached hydrogens (tertiary/aromatic N) is 1. The maximum atomic E-state index is 13.5. The van der Waals surface area contributed by atoms with Crippen molar-refractivity contribution in [1.29, 1.82) is 0 Å². The summed E-state index contributed by atoms with van der Waals surface area (Å²) < 4.78 is 39.5. The second-order valence-corrected chi connectivity index (χ2v) is 5.22. The van der Waals surface area contributed by atoms with Crippen LogP contribution < -0.4 is 0 Å². The van der Waals surface area contributed by atoms with Crippen molar-refractivity contribution in [2.75, 3.05) is 13.1 Å². The highest BCUT2D eigenvalue weighted by Gasteiger charge is 2.45. The monoisotopic (exact) mass is 279 g/mol. The third kappa shape index (κ3) is 3.86. The number of alkyl halides is 3. The summed E-state index contributed by atoms with van der Waals surface area (Å²) in [7, 11) is 0. The fourth-order valence-electron chi connectivity index (χ4n) is 2.82. The van der Waals surface area contributed by atoms with E-state index < -0.39 is 18.0 Å². The van der Waals surface area contributed by atoms with Gasteiger partial charge >= 0.3 is 0 Å². The van der Waals surface area contributed by atoms with Crippen molar-refractivity contribution in [3.05, 3.63) is 0 Å². The Hall–Kier alpha value is -0.740. The Morgan fingerprint density at radius 3 is 2.37 bits per heavy atom. The molecule has 0 N–H and O–H groups in total. The van der Waals surface area contributed by atoms with Crippen molar-refractivity contribution in [2.45, 2.75) is 58.5 Å². The lowest BCUT2D eigenvalue weighted by atomic mass is 10.0. The SMILES string of the molecule is CC.CCC1CN(C(=O)C2CCC(F)(F)C2)CC1F. The van der Waals surface area contributed by atoms with Crippen molar-refractivity contribution in [3.63, 3.8) is 0 Å². The van der Waals surface area contributed by atoms with Crippen LogP contribution in [0, 0.1) is 11.8 Å². The molecule has 0 aromatic heterocycles. The number of hydrogen-bond acceptors (Lipinski definition) is 1. The van der Waals surface area contributed by atoms with Gasteiger partial charge in [-0.3, -0.25) is 4.79 Å². The van der Waals surface area contributed by atoms with Gasteiger partial charge in [0.15, 0.2) is 0 Å². The molecule has 1 saturated carbocycles. The molecule has 1 aliphatic heterocycles. The van der Waals surface area contributed by atoms with Crippen LogP contribution in [0.2, 0.25) is 0 Å². The third-order valence-electron chi connectivity index (χ3n) is 3.95. The van der Waals surface area contributed by atoms with Crippen LogP contribution in [0.25, 0.3) is 0 Å². The van der Waals surface area contributed by atoms with Crippen LogP contribution in [-0.2, 0) is 4.79 Å². The number of hydrogen-bond donors (Lipinski definition) is 0. The highest BCUT2D eigenvalue weighted by Crippen LogP contribution is 2.40. The minimum Gasteiger partial charge on any atom is -0.339 e. The first-order valence-corrected chi connectivity index (χ1v) is 7.23. The number of carbonyl (C=O) groups is 1. The predicted octanol–water partition coefficient (Wildman–Crippen LogP) is 3.65. The van der Waals surface area contributed by atoms with E-state index in [1.54, 1.807) is 0 Å². The first-order valence-electron chi connectivity index (χ1n) is 7.23. The first-order chi connectivity index (χ1) is 8.93. The van der Waals surface area contributed by atoms with Crippen LogP contribution >= 0.6 is 0 Å². The molecule has 0 bridgehead atoms. The van der Waals surface area contributed by atoms with E-state index >= 15 is 0 Å². The van der Waals surface area contributed by atoms with Crippen molar-refractivity contribution in [1.82, 2.24) is 4.90 Å². The number of carbonyl (C=O) groups excluding carboxylic acids is 1. The Balaban J connectivity index is 0.000000861. The largest absolute Gasteiger partial charge is 0.339 e. The predicted molar refractivity (Wildman–Crippen MR) is 68.9 cm³/mol. The molecule has 1 heterocycles. The lowest BCUT2D eigenvalue weighted by Crippen LogP contribution is -2.34. The van der Waals surface area contributed by atoms with E-state index in [9.17, 15) is 18.0 Å². The zero-order chi connectivity index (χ0) is 14.6. The Morgan fingerprint density at radius 2 is 1.95 bits per heavy atom. The van der Waals surface area contributed by atoms with Crippen LogP contribution in [0.5, 0.6) is 0 Å². The zero-order valence-corrected chi connectivity index (χ0v) is 12.0. The quantitative estimate of drug-likeness (QED) is 0.755. The van der Waals surface area contributed by atoms with Gasteiger partial charge in [0.05, 0.1) is 6.54 Å². The van der Waals surface area contributed by atoms with Gasteiger partial charge in [-0.15, -0.1) is 0 Å². The molecule has 1 amide bonds. The maximum absolute atomic E-state index is 13.5. The van der Waals surface area contributed by atoms with E-state index in [2.05, 4.69) is 0 Å². The average Bonchev–Trinajstić information content (AvgIpc) is 2.93. The molecule has 2 rings (SSSR count). The standard InChI is InChI=1S/C12H18F3NO.C2H6/c1-2-8-6-16(7-10(8)13)11(17)9-3-4-12(14,15)5-9;1-2/h8-10H,2-7H2,1H3;1-2H3. The smallest absolute Gasteiger partial charge is 0.248 e. The summed E-state index contributed by atoms with van der Waals surface area (Å²) in [5, 5.41) is 0. The number of amides is 1. The Morgan fingerprint density at radius 1 is 1.32 bits per heavy atom. The van der Waals surface area contributed by atoms with Crippen molar-refractivity contribution < 1.29 is 18.0 Å². The van der Waals surface area contributed by atoms with Crippen LogP contribution in [0.4, 0.5) is 13.2 Å². The van der Waals surface area contributed by atoms with Crippen LogP contribution in [-0.4, -0.2) is 36.0 Å². The van der Waals surface area contributed by atoms with Gasteiger partial charge in [-0.2, -0.15) is 0 Å². The van der Waals surface area contributed by atoms with Gasteiger partial charge in [-0.1, -0.05) is 20.8 Å². The highest BCUT2D eigenvalue weighted by atomic mass is 19.3. The second-order valence-electron chi connectivity index (χ2n) is 5.22. The third-order valence-corrected chi connectivity index (χ3v) is 3.95. The van der Waals surface area contributed by atoms with Gasteiger partial charge in [0, 0.05) is 31.2 Å². The number of halogens is 3. The summed E-state index contributed by atoms with van der Waals surface area (Å²) in [6.07, 6.45) is -0.656. The molecule has 3 unspecified atom stereocenters. The molecule has 112 valence electrons. The molecule has 3 atom stereocenters. The van der Waals surface area contributed by atoms with Crippen LogP contribution in [0.1, 0.15) is 46.5 Å². The summed E-state index contributed by atoms with van der Waals surface area (Å²) in [6, 6.07) is 0. The van der Waals surface area contributed by atoms with Gasteiger partial charge in [0.1, 0.15) is 6.17 Å². The molecular weight excluding hydrogens is 255 g/mol. The summed E-state index contributed by atoms with van der Waals surface area (Å²) in [5.41, 5.74) is 0. The molecule has 2 fully saturated rings. The molecule has 1 saturated heterocycles. The number of rotatable bonds is 2. The Kier molecular flexibility index (Phi) is 5.68. The van der Waals surface area contributed by atoms with Gasteiger partial charge in [0.25, 0.3) is 0 Å². The highest BCUT2D eigenvalue weighted by molar-refractivity contribution is 5.79. The van der Waals surface area contributed by atoms with Gasteiger partial charge in [0.2, 0.25) is 11.8 Å². The summed E-state index contributed by atoms with van der Waals surface area (Å²) in [4.78, 5) is 13.4. The van der Waals surface area contributed by atoms with E-state index in [1.165, 1.54) is 4.90 Å². The van der Waals surface area contributed by atoms with Crippen LogP contribution in [0.3, 0.4) is 0 Å². The molecule has 1 aliphatic carbocycles. The first kappa shape index (κ1) is 16.3. The minimum absolute atomic E-state index is 0.0827. The molecule has 2 aliphatic rings. The molecule has 0 aromatic carbocycles. The van der Waals surface area contributed by atoms with Crippen LogP contribution in [0.15, 0.2) is 0 Å². The summed E-state index contributed by atoms with van der Waals surface area (Å²) in [5.74, 6) is -3.71. The van der Waals surface area contributed by atoms with E-state index in [0.29, 0.717) is 13.0 Å². The summed E-state index contributed by atoms with van der Waals surface area (Å²) in [6.45, 7) is 6.35. The van der Waals surface area contributed by atoms with E-state index in [0.717, 1.165) is 0 Å². The van der Waals surface area contributed by atoms with E-state index in [4.69, 9.17) is 0 Å². The van der Waals surface area contributed by atoms with Crippen molar-refractivity contribution in [3.8, 4) is 0 Å². The lowest BCUT2D eigenvalue weighted by molar-refractivity contribution is -0.135. The maximum Gasteiger partial charge on any atom is 0.248 e. The van der Waals surface area contributed by atoms with E-state index in [1.807, 2.05) is 20.8 Å². The lowest BCUT2D eigenvalue weighted by Gasteiger charge is -2.20. The molecule has 0 aromatic rings. The minimum atomic E-state index is -2.71. The molecule has 2 nitrogen and oxygen atoms in total. The molecule has 0 spiro atoms. The van der Waals surface area contributed by atoms with Gasteiger partial charge in [-0.05, 0) is 12.8 Å². The number of likely N-dealkylation sites (tertiary alicyclic amines) is 1. The van der Waals surface area contributed by atoms with E-state index in [-0.39, 0.29) is 37.6 Å². The molecule has 5 heteroatoms. The molecular formula is C14H24F3NO. The molecule has 19 heavy (non-hydrogen) atoms.